The molecule has 0 aromatic heterocycles. The first-order valence-corrected chi connectivity index (χ1v) is 8.73. The number of ether oxygens (including phenoxy) is 2. The molecular weight excluding hydrogens is 316 g/mol. The minimum Gasteiger partial charge on any atom is -0.493 e. The highest BCUT2D eigenvalue weighted by Crippen LogP contribution is 2.45. The summed E-state index contributed by atoms with van der Waals surface area (Å²) >= 11 is 0. The number of nitrogens with two attached hydrogens (primary N) is 1. The van der Waals surface area contributed by atoms with Crippen LogP contribution in [0.3, 0.4) is 0 Å². The Balaban J connectivity index is 2.09. The molecule has 0 amide bonds. The van der Waals surface area contributed by atoms with Crippen molar-refractivity contribution in [3.05, 3.63) is 52.6 Å². The third-order valence-electron chi connectivity index (χ3n) is 4.59. The Labute approximate surface area is 147 Å². The van der Waals surface area contributed by atoms with Crippen LogP contribution in [0.15, 0.2) is 47.1 Å². The predicted octanol–water partition coefficient (Wildman–Crippen LogP) is 3.68. The second-order valence-corrected chi connectivity index (χ2v) is 6.28. The standard InChI is InChI=1S/C20H22N2O3/c1-2-3-11-24-16-9-5-4-7-13(16)18-14(12-21)20(22)25-17-10-6-8-15(23)19(17)18/h4-5,7,9,18H,2-3,6,8,10-11,22H2,1H3/t18-/m1/s1. The number of para-hydroxylation sites is 1. The second-order valence-electron chi connectivity index (χ2n) is 6.28. The molecule has 5 nitrogen and oxygen atoms in total. The van der Waals surface area contributed by atoms with Crippen LogP contribution in [0, 0.1) is 11.3 Å². The zero-order chi connectivity index (χ0) is 17.8. The lowest BCUT2D eigenvalue weighted by molar-refractivity contribution is -0.116. The van der Waals surface area contributed by atoms with E-state index in [-0.39, 0.29) is 17.2 Å². The van der Waals surface area contributed by atoms with Gasteiger partial charge in [-0.15, -0.1) is 0 Å². The highest BCUT2D eigenvalue weighted by molar-refractivity contribution is 5.99. The van der Waals surface area contributed by atoms with E-state index >= 15 is 0 Å². The minimum absolute atomic E-state index is 0.0230. The number of benzene rings is 1. The van der Waals surface area contributed by atoms with Gasteiger partial charge in [0.25, 0.3) is 0 Å². The van der Waals surface area contributed by atoms with Gasteiger partial charge in [-0.25, -0.2) is 0 Å². The van der Waals surface area contributed by atoms with Crippen molar-refractivity contribution < 1.29 is 14.3 Å². The molecule has 0 radical (unpaired) electrons. The number of Topliss-reactive ketones (excluding diaryl/α,β-unsaturated/α-hetero) is 1. The van der Waals surface area contributed by atoms with Crippen LogP contribution in [0.4, 0.5) is 0 Å². The Bertz CT molecular complexity index is 786. The first-order valence-electron chi connectivity index (χ1n) is 8.73. The zero-order valence-corrected chi connectivity index (χ0v) is 14.4. The van der Waals surface area contributed by atoms with Gasteiger partial charge in [0.05, 0.1) is 12.5 Å². The molecule has 5 heteroatoms. The molecule has 1 aliphatic heterocycles. The monoisotopic (exact) mass is 338 g/mol. The molecule has 0 saturated heterocycles. The van der Waals surface area contributed by atoms with Gasteiger partial charge in [-0.2, -0.15) is 5.26 Å². The van der Waals surface area contributed by atoms with Crippen LogP contribution in [0.25, 0.3) is 0 Å². The SMILES string of the molecule is CCCCOc1ccccc1[C@@H]1C(C#N)=C(N)OC2=C1C(=O)CCC2. The third kappa shape index (κ3) is 3.25. The molecule has 1 atom stereocenters. The van der Waals surface area contributed by atoms with Crippen molar-refractivity contribution in [1.29, 1.82) is 5.26 Å². The average Bonchev–Trinajstić information content (AvgIpc) is 2.61. The normalized spacial score (nSPS) is 20.0. The molecule has 130 valence electrons. The Morgan fingerprint density at radius 2 is 2.16 bits per heavy atom. The number of nitriles is 1. The molecule has 0 saturated carbocycles. The van der Waals surface area contributed by atoms with Crippen molar-refractivity contribution in [1.82, 2.24) is 0 Å². The predicted molar refractivity (Wildman–Crippen MR) is 93.4 cm³/mol. The van der Waals surface area contributed by atoms with E-state index in [1.807, 2.05) is 24.3 Å². The number of hydrogen-bond acceptors (Lipinski definition) is 5. The fourth-order valence-corrected chi connectivity index (χ4v) is 3.34. The Morgan fingerprint density at radius 3 is 2.92 bits per heavy atom. The number of carbonyl (C=O) groups excluding carboxylic acids is 1. The topological polar surface area (TPSA) is 85.3 Å². The Morgan fingerprint density at radius 1 is 1.36 bits per heavy atom. The fraction of sp³-hybridized carbons (Fsp3) is 0.400. The van der Waals surface area contributed by atoms with Gasteiger partial charge < -0.3 is 15.2 Å². The van der Waals surface area contributed by atoms with Crippen LogP contribution in [-0.4, -0.2) is 12.4 Å². The molecule has 0 fully saturated rings. The lowest BCUT2D eigenvalue weighted by atomic mass is 9.77. The van der Waals surface area contributed by atoms with Gasteiger partial charge in [0.1, 0.15) is 23.2 Å². The van der Waals surface area contributed by atoms with E-state index in [4.69, 9.17) is 15.2 Å². The summed E-state index contributed by atoms with van der Waals surface area (Å²) in [6.07, 6.45) is 3.85. The van der Waals surface area contributed by atoms with E-state index < -0.39 is 5.92 Å². The smallest absolute Gasteiger partial charge is 0.205 e. The van der Waals surface area contributed by atoms with Crippen LogP contribution in [0.5, 0.6) is 5.75 Å². The highest BCUT2D eigenvalue weighted by Gasteiger charge is 2.39. The van der Waals surface area contributed by atoms with E-state index in [0.29, 0.717) is 36.5 Å². The van der Waals surface area contributed by atoms with E-state index in [2.05, 4.69) is 13.0 Å². The zero-order valence-electron chi connectivity index (χ0n) is 14.4. The fourth-order valence-electron chi connectivity index (χ4n) is 3.34. The number of carbonyl (C=O) groups is 1. The van der Waals surface area contributed by atoms with Gasteiger partial charge >= 0.3 is 0 Å². The van der Waals surface area contributed by atoms with Crippen molar-refractivity contribution in [3.63, 3.8) is 0 Å². The maximum Gasteiger partial charge on any atom is 0.205 e. The molecule has 0 spiro atoms. The summed E-state index contributed by atoms with van der Waals surface area (Å²) in [7, 11) is 0. The summed E-state index contributed by atoms with van der Waals surface area (Å²) in [5, 5.41) is 9.63. The molecule has 1 aromatic carbocycles. The van der Waals surface area contributed by atoms with Crippen LogP contribution in [0.2, 0.25) is 0 Å². The highest BCUT2D eigenvalue weighted by atomic mass is 16.5. The number of rotatable bonds is 5. The summed E-state index contributed by atoms with van der Waals surface area (Å²) in [5.41, 5.74) is 7.62. The van der Waals surface area contributed by atoms with Crippen LogP contribution < -0.4 is 10.5 Å². The van der Waals surface area contributed by atoms with E-state index in [0.717, 1.165) is 24.8 Å². The molecule has 2 N–H and O–H groups in total. The first kappa shape index (κ1) is 17.1. The molecule has 1 aliphatic carbocycles. The molecule has 1 heterocycles. The van der Waals surface area contributed by atoms with Crippen molar-refractivity contribution in [3.8, 4) is 11.8 Å². The van der Waals surface area contributed by atoms with Gasteiger partial charge in [-0.3, -0.25) is 4.79 Å². The lowest BCUT2D eigenvalue weighted by Gasteiger charge is -2.31. The van der Waals surface area contributed by atoms with Crippen LogP contribution >= 0.6 is 0 Å². The quantitative estimate of drug-likeness (QED) is 0.828. The Hall–Kier alpha value is -2.74. The average molecular weight is 338 g/mol. The maximum atomic E-state index is 12.6. The Kier molecular flexibility index (Phi) is 5.08. The van der Waals surface area contributed by atoms with Crippen LogP contribution in [-0.2, 0) is 9.53 Å². The largest absolute Gasteiger partial charge is 0.493 e. The maximum absolute atomic E-state index is 12.6. The number of allylic oxidation sites excluding steroid dienone is 3. The van der Waals surface area contributed by atoms with Crippen molar-refractivity contribution >= 4 is 5.78 Å². The number of ketones is 1. The van der Waals surface area contributed by atoms with Gasteiger partial charge in [0.15, 0.2) is 5.78 Å². The van der Waals surface area contributed by atoms with Crippen molar-refractivity contribution in [2.75, 3.05) is 6.61 Å². The van der Waals surface area contributed by atoms with Gasteiger partial charge in [0, 0.05) is 24.0 Å². The minimum atomic E-state index is -0.514. The van der Waals surface area contributed by atoms with Gasteiger partial charge in [-0.05, 0) is 18.9 Å². The number of hydrogen-bond donors (Lipinski definition) is 1. The molecular formula is C20H22N2O3. The molecule has 0 bridgehead atoms. The van der Waals surface area contributed by atoms with Crippen molar-refractivity contribution in [2.24, 2.45) is 5.73 Å². The summed E-state index contributed by atoms with van der Waals surface area (Å²) in [4.78, 5) is 12.6. The number of unbranched alkanes of at least 4 members (excludes halogenated alkanes) is 1. The summed E-state index contributed by atoms with van der Waals surface area (Å²) in [6.45, 7) is 2.69. The molecule has 1 aromatic rings. The second kappa shape index (κ2) is 7.43. The first-order chi connectivity index (χ1) is 12.2. The van der Waals surface area contributed by atoms with E-state index in [1.54, 1.807) is 0 Å². The number of nitrogens with zero attached hydrogens (tertiary/aromatic N) is 1. The summed E-state index contributed by atoms with van der Waals surface area (Å²) in [5.74, 6) is 0.883. The summed E-state index contributed by atoms with van der Waals surface area (Å²) < 4.78 is 11.5. The third-order valence-corrected chi connectivity index (χ3v) is 4.59. The van der Waals surface area contributed by atoms with Crippen molar-refractivity contribution in [2.45, 2.75) is 44.9 Å². The lowest BCUT2D eigenvalue weighted by Crippen LogP contribution is -2.27. The van der Waals surface area contributed by atoms with E-state index in [1.165, 1.54) is 0 Å². The van der Waals surface area contributed by atoms with Gasteiger partial charge in [-0.1, -0.05) is 31.5 Å². The van der Waals surface area contributed by atoms with E-state index in [9.17, 15) is 10.1 Å². The molecule has 3 rings (SSSR count). The van der Waals surface area contributed by atoms with Gasteiger partial charge in [0.2, 0.25) is 5.88 Å². The summed E-state index contributed by atoms with van der Waals surface area (Å²) in [6, 6.07) is 9.68. The molecule has 25 heavy (non-hydrogen) atoms. The molecule has 0 unspecified atom stereocenters. The van der Waals surface area contributed by atoms with Crippen LogP contribution in [0.1, 0.15) is 50.5 Å². The molecule has 2 aliphatic rings.